The maximum atomic E-state index is 12.1. The van der Waals surface area contributed by atoms with Crippen LogP contribution >= 0.6 is 0 Å². The van der Waals surface area contributed by atoms with Crippen LogP contribution in [0.5, 0.6) is 0 Å². The second-order valence-corrected chi connectivity index (χ2v) is 5.72. The van der Waals surface area contributed by atoms with Gasteiger partial charge in [0.2, 0.25) is 0 Å². The number of aliphatic hydroxyl groups excluding tert-OH is 1. The van der Waals surface area contributed by atoms with E-state index < -0.39 is 0 Å². The van der Waals surface area contributed by atoms with Crippen molar-refractivity contribution in [2.75, 3.05) is 26.3 Å². The Hall–Kier alpha value is -0.810. The maximum absolute atomic E-state index is 12.1. The summed E-state index contributed by atoms with van der Waals surface area (Å²) in [6.07, 6.45) is 4.26. The molecule has 1 heterocycles. The van der Waals surface area contributed by atoms with Crippen LogP contribution in [-0.4, -0.2) is 54.5 Å². The minimum Gasteiger partial charge on any atom is -0.393 e. The molecule has 0 aromatic rings. The van der Waals surface area contributed by atoms with Crippen LogP contribution in [0.2, 0.25) is 0 Å². The van der Waals surface area contributed by atoms with E-state index in [-0.39, 0.29) is 18.2 Å². The first-order valence-corrected chi connectivity index (χ1v) is 7.50. The molecule has 5 heteroatoms. The quantitative estimate of drug-likeness (QED) is 0.811. The lowest BCUT2D eigenvalue weighted by Crippen LogP contribution is -2.45. The molecule has 1 aliphatic heterocycles. The van der Waals surface area contributed by atoms with Crippen LogP contribution in [0.3, 0.4) is 0 Å². The molecule has 0 aromatic heterocycles. The zero-order chi connectivity index (χ0) is 13.7. The zero-order valence-corrected chi connectivity index (χ0v) is 11.8. The molecule has 1 aliphatic carbocycles. The number of carbonyl (C=O) groups excluding carboxylic acids is 1. The van der Waals surface area contributed by atoms with E-state index in [1.807, 2.05) is 11.8 Å². The lowest BCUT2D eigenvalue weighted by molar-refractivity contribution is 0.110. The Labute approximate surface area is 115 Å². The molecule has 110 valence electrons. The standard InChI is InChI=1S/C14H26N2O3/c1-2-19-10-11-7-8-16(9-11)14(18)15-12-3-5-13(17)6-4-12/h11-13,17H,2-10H2,1H3,(H,15,18). The Morgan fingerprint density at radius 1 is 1.32 bits per heavy atom. The third kappa shape index (κ3) is 4.35. The molecule has 5 nitrogen and oxygen atoms in total. The van der Waals surface area contributed by atoms with E-state index in [9.17, 15) is 9.90 Å². The van der Waals surface area contributed by atoms with Gasteiger partial charge in [-0.25, -0.2) is 4.79 Å². The van der Waals surface area contributed by atoms with Crippen molar-refractivity contribution >= 4 is 6.03 Å². The van der Waals surface area contributed by atoms with Crippen LogP contribution in [0, 0.1) is 5.92 Å². The first-order chi connectivity index (χ1) is 9.19. The van der Waals surface area contributed by atoms with E-state index >= 15 is 0 Å². The molecule has 1 saturated carbocycles. The summed E-state index contributed by atoms with van der Waals surface area (Å²) < 4.78 is 5.42. The number of carbonyl (C=O) groups is 1. The van der Waals surface area contributed by atoms with Crippen molar-refractivity contribution in [2.24, 2.45) is 5.92 Å². The number of rotatable bonds is 4. The fourth-order valence-electron chi connectivity index (χ4n) is 2.92. The van der Waals surface area contributed by atoms with E-state index in [1.165, 1.54) is 0 Å². The third-order valence-electron chi connectivity index (χ3n) is 4.16. The number of nitrogens with one attached hydrogen (secondary N) is 1. The van der Waals surface area contributed by atoms with Crippen molar-refractivity contribution in [1.82, 2.24) is 10.2 Å². The van der Waals surface area contributed by atoms with Crippen molar-refractivity contribution < 1.29 is 14.6 Å². The molecule has 2 N–H and O–H groups in total. The summed E-state index contributed by atoms with van der Waals surface area (Å²) in [5.41, 5.74) is 0. The SMILES string of the molecule is CCOCC1CCN(C(=O)NC2CCC(O)CC2)C1. The molecule has 2 fully saturated rings. The first kappa shape index (κ1) is 14.6. The van der Waals surface area contributed by atoms with Gasteiger partial charge in [0.25, 0.3) is 0 Å². The van der Waals surface area contributed by atoms with E-state index in [0.29, 0.717) is 5.92 Å². The highest BCUT2D eigenvalue weighted by molar-refractivity contribution is 5.74. The number of aliphatic hydroxyl groups is 1. The minimum atomic E-state index is -0.171. The predicted octanol–water partition coefficient (Wildman–Crippen LogP) is 1.36. The zero-order valence-electron chi connectivity index (χ0n) is 11.8. The van der Waals surface area contributed by atoms with Crippen molar-refractivity contribution in [3.05, 3.63) is 0 Å². The molecule has 2 rings (SSSR count). The number of amides is 2. The van der Waals surface area contributed by atoms with Crippen molar-refractivity contribution in [3.8, 4) is 0 Å². The average molecular weight is 270 g/mol. The van der Waals surface area contributed by atoms with Gasteiger partial charge in [-0.15, -0.1) is 0 Å². The molecule has 0 radical (unpaired) electrons. The summed E-state index contributed by atoms with van der Waals surface area (Å²) in [5.74, 6) is 0.485. The molecule has 0 spiro atoms. The summed E-state index contributed by atoms with van der Waals surface area (Å²) in [6, 6.07) is 0.294. The van der Waals surface area contributed by atoms with E-state index in [1.54, 1.807) is 0 Å². The summed E-state index contributed by atoms with van der Waals surface area (Å²) in [6.45, 7) is 5.14. The van der Waals surface area contributed by atoms with E-state index in [2.05, 4.69) is 5.32 Å². The Balaban J connectivity index is 1.69. The van der Waals surface area contributed by atoms with E-state index in [0.717, 1.165) is 58.4 Å². The fraction of sp³-hybridized carbons (Fsp3) is 0.929. The molecule has 1 unspecified atom stereocenters. The predicted molar refractivity (Wildman–Crippen MR) is 73.0 cm³/mol. The van der Waals surface area contributed by atoms with Gasteiger partial charge in [0, 0.05) is 31.7 Å². The van der Waals surface area contributed by atoms with Crippen molar-refractivity contribution in [1.29, 1.82) is 0 Å². The third-order valence-corrected chi connectivity index (χ3v) is 4.16. The average Bonchev–Trinajstić information content (AvgIpc) is 2.88. The van der Waals surface area contributed by atoms with Crippen LogP contribution < -0.4 is 5.32 Å². The van der Waals surface area contributed by atoms with Gasteiger partial charge in [-0.2, -0.15) is 0 Å². The molecule has 2 aliphatic rings. The monoisotopic (exact) mass is 270 g/mol. The molecule has 1 atom stereocenters. The highest BCUT2D eigenvalue weighted by Crippen LogP contribution is 2.20. The summed E-state index contributed by atoms with van der Waals surface area (Å²) in [5, 5.41) is 12.5. The number of nitrogens with zero attached hydrogens (tertiary/aromatic N) is 1. The lowest BCUT2D eigenvalue weighted by atomic mass is 9.93. The summed E-state index contributed by atoms with van der Waals surface area (Å²) in [7, 11) is 0. The normalized spacial score (nSPS) is 31.5. The largest absolute Gasteiger partial charge is 0.393 e. The topological polar surface area (TPSA) is 61.8 Å². The van der Waals surface area contributed by atoms with Gasteiger partial charge >= 0.3 is 6.03 Å². The van der Waals surface area contributed by atoms with Crippen molar-refractivity contribution in [3.63, 3.8) is 0 Å². The number of hydrogen-bond acceptors (Lipinski definition) is 3. The molecule has 0 aromatic carbocycles. The van der Waals surface area contributed by atoms with Gasteiger partial charge < -0.3 is 20.1 Å². The van der Waals surface area contributed by atoms with Crippen LogP contribution in [0.4, 0.5) is 4.79 Å². The van der Waals surface area contributed by atoms with Gasteiger partial charge in [-0.1, -0.05) is 0 Å². The van der Waals surface area contributed by atoms with Gasteiger partial charge in [0.1, 0.15) is 0 Å². The van der Waals surface area contributed by atoms with Gasteiger partial charge in [-0.05, 0) is 39.0 Å². The Bertz CT molecular complexity index is 290. The van der Waals surface area contributed by atoms with Gasteiger partial charge in [0.15, 0.2) is 0 Å². The van der Waals surface area contributed by atoms with E-state index in [4.69, 9.17) is 4.74 Å². The van der Waals surface area contributed by atoms with Gasteiger partial charge in [-0.3, -0.25) is 0 Å². The highest BCUT2D eigenvalue weighted by Gasteiger charge is 2.28. The Morgan fingerprint density at radius 2 is 2.05 bits per heavy atom. The highest BCUT2D eigenvalue weighted by atomic mass is 16.5. The number of likely N-dealkylation sites (tertiary alicyclic amines) is 1. The molecular formula is C14H26N2O3. The number of hydrogen-bond donors (Lipinski definition) is 2. The van der Waals surface area contributed by atoms with Crippen molar-refractivity contribution in [2.45, 2.75) is 51.2 Å². The number of urea groups is 1. The van der Waals surface area contributed by atoms with Crippen LogP contribution in [0.25, 0.3) is 0 Å². The van der Waals surface area contributed by atoms with Gasteiger partial charge in [0.05, 0.1) is 12.7 Å². The van der Waals surface area contributed by atoms with Crippen LogP contribution in [-0.2, 0) is 4.74 Å². The molecule has 0 bridgehead atoms. The molecule has 1 saturated heterocycles. The molecule has 19 heavy (non-hydrogen) atoms. The molecular weight excluding hydrogens is 244 g/mol. The Morgan fingerprint density at radius 3 is 2.74 bits per heavy atom. The second-order valence-electron chi connectivity index (χ2n) is 5.72. The number of ether oxygens (including phenoxy) is 1. The fourth-order valence-corrected chi connectivity index (χ4v) is 2.92. The summed E-state index contributed by atoms with van der Waals surface area (Å²) in [4.78, 5) is 14.0. The van der Waals surface area contributed by atoms with Crippen LogP contribution in [0.1, 0.15) is 39.0 Å². The minimum absolute atomic E-state index is 0.0559. The summed E-state index contributed by atoms with van der Waals surface area (Å²) >= 11 is 0. The Kier molecular flexibility index (Phi) is 5.45. The maximum Gasteiger partial charge on any atom is 0.317 e. The lowest BCUT2D eigenvalue weighted by Gasteiger charge is -2.28. The van der Waals surface area contributed by atoms with Crippen LogP contribution in [0.15, 0.2) is 0 Å². The first-order valence-electron chi connectivity index (χ1n) is 7.50. The molecule has 2 amide bonds. The second kappa shape index (κ2) is 7.10. The smallest absolute Gasteiger partial charge is 0.317 e.